The van der Waals surface area contributed by atoms with Crippen molar-refractivity contribution in [3.63, 3.8) is 0 Å². The summed E-state index contributed by atoms with van der Waals surface area (Å²) >= 11 is 0. The van der Waals surface area contributed by atoms with Gasteiger partial charge in [-0.05, 0) is 37.0 Å². The van der Waals surface area contributed by atoms with Crippen LogP contribution in [0.15, 0.2) is 0 Å². The average molecular weight is 497 g/mol. The SMILES string of the molecule is CC(C)CCOC(=O)CCCCCCCCCCCCCCCCC(C)CC(=O)OCCC(C)C. The zero-order chi connectivity index (χ0) is 26.2. The highest BCUT2D eigenvalue weighted by Crippen LogP contribution is 2.17. The molecule has 208 valence electrons. The molecule has 0 aliphatic heterocycles. The van der Waals surface area contributed by atoms with Crippen molar-refractivity contribution in [2.24, 2.45) is 17.8 Å². The fourth-order valence-corrected chi connectivity index (χ4v) is 4.22. The van der Waals surface area contributed by atoms with E-state index >= 15 is 0 Å². The molecule has 0 spiro atoms. The van der Waals surface area contributed by atoms with Gasteiger partial charge in [0.05, 0.1) is 13.2 Å². The van der Waals surface area contributed by atoms with Crippen LogP contribution in [0.2, 0.25) is 0 Å². The third-order valence-corrected chi connectivity index (χ3v) is 6.76. The first kappa shape index (κ1) is 33.9. The molecule has 0 N–H and O–H groups in total. The standard InChI is InChI=1S/C31H60O4/c1-27(2)22-24-34-30(32)21-19-17-15-13-11-9-7-6-8-10-12-14-16-18-20-29(5)26-31(33)35-25-23-28(3)4/h27-29H,6-26H2,1-5H3. The Hall–Kier alpha value is -1.06. The van der Waals surface area contributed by atoms with E-state index in [1.165, 1.54) is 77.0 Å². The Morgan fingerprint density at radius 3 is 1.29 bits per heavy atom. The molecule has 0 fully saturated rings. The smallest absolute Gasteiger partial charge is 0.306 e. The fourth-order valence-electron chi connectivity index (χ4n) is 4.22. The van der Waals surface area contributed by atoms with Crippen LogP contribution in [-0.4, -0.2) is 25.2 Å². The summed E-state index contributed by atoms with van der Waals surface area (Å²) in [7, 11) is 0. The van der Waals surface area contributed by atoms with E-state index in [2.05, 4.69) is 34.6 Å². The number of esters is 2. The highest BCUT2D eigenvalue weighted by Gasteiger charge is 2.10. The van der Waals surface area contributed by atoms with Crippen LogP contribution in [0.25, 0.3) is 0 Å². The lowest BCUT2D eigenvalue weighted by molar-refractivity contribution is -0.145. The molecule has 0 aliphatic carbocycles. The van der Waals surface area contributed by atoms with Gasteiger partial charge in [0.2, 0.25) is 0 Å². The van der Waals surface area contributed by atoms with Gasteiger partial charge in [0, 0.05) is 12.8 Å². The predicted molar refractivity (Wildman–Crippen MR) is 148 cm³/mol. The molecule has 1 unspecified atom stereocenters. The van der Waals surface area contributed by atoms with Gasteiger partial charge in [-0.15, -0.1) is 0 Å². The van der Waals surface area contributed by atoms with E-state index in [9.17, 15) is 9.59 Å². The van der Waals surface area contributed by atoms with Crippen molar-refractivity contribution in [2.45, 2.75) is 157 Å². The van der Waals surface area contributed by atoms with Crippen LogP contribution < -0.4 is 0 Å². The first-order valence-electron chi connectivity index (χ1n) is 15.1. The van der Waals surface area contributed by atoms with Crippen LogP contribution >= 0.6 is 0 Å². The molecule has 0 aromatic heterocycles. The number of rotatable bonds is 25. The predicted octanol–water partition coefficient (Wildman–Crippen LogP) is 9.43. The van der Waals surface area contributed by atoms with Gasteiger partial charge in [0.15, 0.2) is 0 Å². The molecule has 0 saturated carbocycles. The van der Waals surface area contributed by atoms with Gasteiger partial charge < -0.3 is 9.47 Å². The quantitative estimate of drug-likeness (QED) is 0.0932. The third-order valence-electron chi connectivity index (χ3n) is 6.76. The van der Waals surface area contributed by atoms with Gasteiger partial charge in [0.25, 0.3) is 0 Å². The number of carbonyl (C=O) groups excluding carboxylic acids is 2. The average Bonchev–Trinajstić information content (AvgIpc) is 2.78. The summed E-state index contributed by atoms with van der Waals surface area (Å²) < 4.78 is 10.6. The lowest BCUT2D eigenvalue weighted by atomic mass is 9.98. The van der Waals surface area contributed by atoms with Crippen molar-refractivity contribution in [1.82, 2.24) is 0 Å². The van der Waals surface area contributed by atoms with E-state index in [4.69, 9.17) is 9.47 Å². The Bertz CT molecular complexity index is 486. The lowest BCUT2D eigenvalue weighted by Gasteiger charge is -2.11. The molecule has 0 heterocycles. The minimum Gasteiger partial charge on any atom is -0.466 e. The minimum absolute atomic E-state index is 0.0188. The highest BCUT2D eigenvalue weighted by molar-refractivity contribution is 5.69. The monoisotopic (exact) mass is 496 g/mol. The first-order chi connectivity index (χ1) is 16.8. The van der Waals surface area contributed by atoms with Crippen molar-refractivity contribution in [3.05, 3.63) is 0 Å². The molecule has 0 radical (unpaired) electrons. The van der Waals surface area contributed by atoms with Crippen molar-refractivity contribution < 1.29 is 19.1 Å². The van der Waals surface area contributed by atoms with Gasteiger partial charge in [-0.3, -0.25) is 9.59 Å². The second-order valence-electron chi connectivity index (χ2n) is 11.6. The Labute approximate surface area is 218 Å². The fraction of sp³-hybridized carbons (Fsp3) is 0.935. The molecule has 0 saturated heterocycles. The zero-order valence-electron chi connectivity index (χ0n) is 24.2. The zero-order valence-corrected chi connectivity index (χ0v) is 24.2. The van der Waals surface area contributed by atoms with Gasteiger partial charge >= 0.3 is 11.9 Å². The Morgan fingerprint density at radius 2 is 0.857 bits per heavy atom. The third kappa shape index (κ3) is 27.4. The van der Waals surface area contributed by atoms with E-state index in [-0.39, 0.29) is 11.9 Å². The molecule has 0 aromatic carbocycles. The maximum Gasteiger partial charge on any atom is 0.306 e. The maximum absolute atomic E-state index is 11.8. The molecule has 0 aromatic rings. The highest BCUT2D eigenvalue weighted by atomic mass is 16.5. The summed E-state index contributed by atoms with van der Waals surface area (Å²) in [5.74, 6) is 1.59. The van der Waals surface area contributed by atoms with Crippen molar-refractivity contribution in [1.29, 1.82) is 0 Å². The first-order valence-corrected chi connectivity index (χ1v) is 15.1. The van der Waals surface area contributed by atoms with Crippen molar-refractivity contribution in [2.75, 3.05) is 13.2 Å². The molecule has 4 nitrogen and oxygen atoms in total. The molecule has 0 rings (SSSR count). The van der Waals surface area contributed by atoms with Gasteiger partial charge in [-0.25, -0.2) is 0 Å². The molecule has 0 bridgehead atoms. The molecule has 4 heteroatoms. The Balaban J connectivity index is 3.28. The van der Waals surface area contributed by atoms with E-state index in [0.29, 0.717) is 43.8 Å². The number of carbonyl (C=O) groups is 2. The number of hydrogen-bond acceptors (Lipinski definition) is 4. The Kier molecular flexibility index (Phi) is 23.9. The molecule has 0 amide bonds. The van der Waals surface area contributed by atoms with E-state index in [1.807, 2.05) is 0 Å². The van der Waals surface area contributed by atoms with Crippen LogP contribution in [-0.2, 0) is 19.1 Å². The van der Waals surface area contributed by atoms with Crippen LogP contribution in [0.1, 0.15) is 157 Å². The van der Waals surface area contributed by atoms with Gasteiger partial charge in [-0.1, -0.05) is 125 Å². The molecule has 0 aliphatic rings. The minimum atomic E-state index is -0.0207. The van der Waals surface area contributed by atoms with Crippen LogP contribution in [0.3, 0.4) is 0 Å². The topological polar surface area (TPSA) is 52.6 Å². The normalized spacial score (nSPS) is 12.3. The number of unbranched alkanes of at least 4 members (excludes halogenated alkanes) is 13. The largest absolute Gasteiger partial charge is 0.466 e. The molecular weight excluding hydrogens is 436 g/mol. The van der Waals surface area contributed by atoms with Crippen LogP contribution in [0.4, 0.5) is 0 Å². The van der Waals surface area contributed by atoms with E-state index in [1.54, 1.807) is 0 Å². The molecule has 1 atom stereocenters. The summed E-state index contributed by atoms with van der Waals surface area (Å²) in [6, 6.07) is 0. The van der Waals surface area contributed by atoms with Crippen molar-refractivity contribution in [3.8, 4) is 0 Å². The molecule has 35 heavy (non-hydrogen) atoms. The van der Waals surface area contributed by atoms with E-state index in [0.717, 1.165) is 32.1 Å². The molecular formula is C31H60O4. The van der Waals surface area contributed by atoms with Gasteiger partial charge in [-0.2, -0.15) is 0 Å². The van der Waals surface area contributed by atoms with Gasteiger partial charge in [0.1, 0.15) is 0 Å². The summed E-state index contributed by atoms with van der Waals surface area (Å²) in [6.45, 7) is 11.9. The second kappa shape index (κ2) is 24.6. The number of ether oxygens (including phenoxy) is 2. The summed E-state index contributed by atoms with van der Waals surface area (Å²) in [6.07, 6.45) is 22.3. The summed E-state index contributed by atoms with van der Waals surface area (Å²) in [5.41, 5.74) is 0. The lowest BCUT2D eigenvalue weighted by Crippen LogP contribution is -2.11. The van der Waals surface area contributed by atoms with E-state index < -0.39 is 0 Å². The summed E-state index contributed by atoms with van der Waals surface area (Å²) in [4.78, 5) is 23.5. The van der Waals surface area contributed by atoms with Crippen LogP contribution in [0, 0.1) is 17.8 Å². The maximum atomic E-state index is 11.8. The van der Waals surface area contributed by atoms with Crippen molar-refractivity contribution >= 4 is 11.9 Å². The second-order valence-corrected chi connectivity index (χ2v) is 11.6. The van der Waals surface area contributed by atoms with Crippen LogP contribution in [0.5, 0.6) is 0 Å². The number of hydrogen-bond donors (Lipinski definition) is 0. The summed E-state index contributed by atoms with van der Waals surface area (Å²) in [5, 5.41) is 0. The Morgan fingerprint density at radius 1 is 0.486 bits per heavy atom.